The van der Waals surface area contributed by atoms with Crippen LogP contribution in [0.15, 0.2) is 0 Å². The van der Waals surface area contributed by atoms with Crippen molar-refractivity contribution in [1.29, 1.82) is 0 Å². The van der Waals surface area contributed by atoms with E-state index in [0.717, 1.165) is 0 Å². The van der Waals surface area contributed by atoms with E-state index in [9.17, 15) is 35.4 Å². The van der Waals surface area contributed by atoms with Gasteiger partial charge in [-0.05, 0) is 25.8 Å². The van der Waals surface area contributed by atoms with Gasteiger partial charge in [-0.2, -0.15) is 0 Å². The average molecular weight is 569 g/mol. The molecule has 228 valence electrons. The minimum absolute atomic E-state index is 0.00387. The molecule has 0 aromatic heterocycles. The van der Waals surface area contributed by atoms with Crippen molar-refractivity contribution in [2.75, 3.05) is 19.7 Å². The van der Waals surface area contributed by atoms with Crippen molar-refractivity contribution >= 4 is 5.91 Å². The molecule has 17 N–H and O–H groups in total. The normalized spacial score (nSPS) is 46.0. The summed E-state index contributed by atoms with van der Waals surface area (Å²) >= 11 is 0. The Balaban J connectivity index is 1.88. The number of nitrogens with one attached hydrogen (secondary N) is 1. The van der Waals surface area contributed by atoms with Crippen molar-refractivity contribution in [3.8, 4) is 0 Å². The fraction of sp³-hybridized carbons (Fsp3) is 0.955. The van der Waals surface area contributed by atoms with Gasteiger partial charge in [0.05, 0.1) is 43.0 Å². The number of hydrogen-bond acceptors (Lipinski definition) is 16. The highest BCUT2D eigenvalue weighted by molar-refractivity contribution is 5.81. The molecule has 0 radical (unpaired) electrons. The largest absolute Gasteiger partial charge is 0.394 e. The summed E-state index contributed by atoms with van der Waals surface area (Å²) in [6.07, 6.45) is -14.1. The van der Waals surface area contributed by atoms with E-state index in [1.165, 1.54) is 0 Å². The minimum Gasteiger partial charge on any atom is -0.394 e. The van der Waals surface area contributed by atoms with Gasteiger partial charge in [0, 0.05) is 6.54 Å². The predicted molar refractivity (Wildman–Crippen MR) is 132 cm³/mol. The number of carbonyl (C=O) groups is 1. The van der Waals surface area contributed by atoms with E-state index in [2.05, 4.69) is 5.32 Å². The van der Waals surface area contributed by atoms with Crippen LogP contribution in [0.2, 0.25) is 0 Å². The molecule has 0 aromatic carbocycles. The van der Waals surface area contributed by atoms with Gasteiger partial charge in [-0.1, -0.05) is 0 Å². The Hall–Kier alpha value is -1.13. The Morgan fingerprint density at radius 2 is 1.56 bits per heavy atom. The van der Waals surface area contributed by atoms with Gasteiger partial charge in [-0.3, -0.25) is 4.79 Å². The van der Waals surface area contributed by atoms with Crippen LogP contribution in [-0.4, -0.2) is 148 Å². The quantitative estimate of drug-likeness (QED) is 0.116. The maximum atomic E-state index is 12.6. The zero-order valence-corrected chi connectivity index (χ0v) is 21.5. The lowest BCUT2D eigenvalue weighted by molar-refractivity contribution is -0.319. The Labute approximate surface area is 225 Å². The standard InChI is InChI=1S/C22H44N6O11/c23-4-3-9(30)20(35)28-13-15(32)12(27)18(38-21-8(25)2-1-7(5-24)36-21)17(34)19(13)39-22-16(33)11(26)14(31)10(6-29)37-22/h7-19,21-22,29-34H,1-6,23-27H2,(H,28,35)/t7?,8?,9-,10?,11?,12+,13?,14-,15?,16?,17?,18?,19+,21-,22-/m1/s1. The Kier molecular flexibility index (Phi) is 11.8. The lowest BCUT2D eigenvalue weighted by Gasteiger charge is -2.50. The number of nitrogens with two attached hydrogens (primary N) is 5. The lowest BCUT2D eigenvalue weighted by atomic mass is 9.81. The number of aliphatic hydroxyl groups excluding tert-OH is 6. The summed E-state index contributed by atoms with van der Waals surface area (Å²) in [6, 6.07) is -4.65. The second-order valence-electron chi connectivity index (χ2n) is 10.3. The molecule has 3 fully saturated rings. The highest BCUT2D eigenvalue weighted by Gasteiger charge is 2.54. The van der Waals surface area contributed by atoms with Gasteiger partial charge < -0.3 is 83.6 Å². The molecule has 2 saturated heterocycles. The molecular formula is C22H44N6O11. The van der Waals surface area contributed by atoms with Crippen molar-refractivity contribution in [1.82, 2.24) is 5.32 Å². The molecular weight excluding hydrogens is 524 g/mol. The fourth-order valence-electron chi connectivity index (χ4n) is 5.03. The second kappa shape index (κ2) is 14.2. The van der Waals surface area contributed by atoms with Gasteiger partial charge in [0.25, 0.3) is 0 Å². The summed E-state index contributed by atoms with van der Waals surface area (Å²) in [5.74, 6) is -0.925. The molecule has 15 atom stereocenters. The van der Waals surface area contributed by atoms with Crippen LogP contribution in [0.1, 0.15) is 19.3 Å². The molecule has 17 nitrogen and oxygen atoms in total. The first-order chi connectivity index (χ1) is 18.4. The van der Waals surface area contributed by atoms with Crippen LogP contribution in [0.4, 0.5) is 0 Å². The molecule has 17 heteroatoms. The van der Waals surface area contributed by atoms with Gasteiger partial charge in [0.2, 0.25) is 5.91 Å². The third kappa shape index (κ3) is 7.21. The van der Waals surface area contributed by atoms with E-state index >= 15 is 0 Å². The van der Waals surface area contributed by atoms with Gasteiger partial charge in [0.1, 0.15) is 42.7 Å². The van der Waals surface area contributed by atoms with Crippen molar-refractivity contribution in [3.63, 3.8) is 0 Å². The molecule has 2 aliphatic heterocycles. The van der Waals surface area contributed by atoms with E-state index in [-0.39, 0.29) is 25.6 Å². The molecule has 0 aromatic rings. The highest BCUT2D eigenvalue weighted by Crippen LogP contribution is 2.31. The summed E-state index contributed by atoms with van der Waals surface area (Å²) in [7, 11) is 0. The third-order valence-corrected chi connectivity index (χ3v) is 7.50. The van der Waals surface area contributed by atoms with Crippen molar-refractivity contribution in [2.45, 2.75) is 111 Å². The van der Waals surface area contributed by atoms with Crippen molar-refractivity contribution < 1.29 is 54.4 Å². The molecule has 1 saturated carbocycles. The SMILES string of the molecule is NCC[C@@H](O)C(=O)NC1C(O)[C@H](N)C(O[C@H]2OC(CN)CCC2N)C(O)[C@H]1O[C@H]1OC(CO)[C@@H](O)C(N)C1O. The molecule has 3 aliphatic rings. The van der Waals surface area contributed by atoms with Gasteiger partial charge in [0.15, 0.2) is 12.6 Å². The highest BCUT2D eigenvalue weighted by atomic mass is 16.7. The molecule has 3 rings (SSSR count). The molecule has 39 heavy (non-hydrogen) atoms. The number of aliphatic hydroxyl groups is 6. The van der Waals surface area contributed by atoms with Crippen LogP contribution < -0.4 is 34.0 Å². The summed E-state index contributed by atoms with van der Waals surface area (Å²) in [4.78, 5) is 12.6. The number of carbonyl (C=O) groups excluding carboxylic acids is 1. The van der Waals surface area contributed by atoms with E-state index in [0.29, 0.717) is 12.8 Å². The summed E-state index contributed by atoms with van der Waals surface area (Å²) < 4.78 is 23.0. The van der Waals surface area contributed by atoms with Crippen LogP contribution >= 0.6 is 0 Å². The maximum absolute atomic E-state index is 12.6. The van der Waals surface area contributed by atoms with E-state index in [1.54, 1.807) is 0 Å². The Bertz CT molecular complexity index is 787. The van der Waals surface area contributed by atoms with Crippen LogP contribution in [0.5, 0.6) is 0 Å². The van der Waals surface area contributed by atoms with Crippen LogP contribution in [0.3, 0.4) is 0 Å². The van der Waals surface area contributed by atoms with Crippen molar-refractivity contribution in [2.24, 2.45) is 28.7 Å². The number of ether oxygens (including phenoxy) is 4. The van der Waals surface area contributed by atoms with Gasteiger partial charge >= 0.3 is 0 Å². The maximum Gasteiger partial charge on any atom is 0.249 e. The Morgan fingerprint density at radius 1 is 0.897 bits per heavy atom. The first-order valence-electron chi connectivity index (χ1n) is 13.0. The molecule has 0 spiro atoms. The summed E-state index contributed by atoms with van der Waals surface area (Å²) in [5.41, 5.74) is 29.4. The third-order valence-electron chi connectivity index (χ3n) is 7.50. The lowest BCUT2D eigenvalue weighted by Crippen LogP contribution is -2.74. The predicted octanol–water partition coefficient (Wildman–Crippen LogP) is -7.43. The van der Waals surface area contributed by atoms with E-state index < -0.39 is 98.1 Å². The van der Waals surface area contributed by atoms with E-state index in [4.69, 9.17) is 47.6 Å². The number of hydrogen-bond donors (Lipinski definition) is 12. The summed E-state index contributed by atoms with van der Waals surface area (Å²) in [6.45, 7) is -0.469. The average Bonchev–Trinajstić information content (AvgIpc) is 2.92. The smallest absolute Gasteiger partial charge is 0.249 e. The Morgan fingerprint density at radius 3 is 2.18 bits per heavy atom. The first kappa shape index (κ1) is 32.4. The van der Waals surface area contributed by atoms with Gasteiger partial charge in [-0.15, -0.1) is 0 Å². The van der Waals surface area contributed by atoms with Crippen LogP contribution in [0, 0.1) is 0 Å². The fourth-order valence-corrected chi connectivity index (χ4v) is 5.03. The summed E-state index contributed by atoms with van der Waals surface area (Å²) in [5, 5.41) is 65.3. The second-order valence-corrected chi connectivity index (χ2v) is 10.3. The van der Waals surface area contributed by atoms with Crippen molar-refractivity contribution in [3.05, 3.63) is 0 Å². The molecule has 1 amide bonds. The molecule has 0 bridgehead atoms. The zero-order chi connectivity index (χ0) is 29.0. The van der Waals surface area contributed by atoms with Gasteiger partial charge in [-0.25, -0.2) is 0 Å². The molecule has 2 heterocycles. The van der Waals surface area contributed by atoms with Crippen LogP contribution in [-0.2, 0) is 23.7 Å². The van der Waals surface area contributed by atoms with Crippen LogP contribution in [0.25, 0.3) is 0 Å². The topological polar surface area (TPSA) is 317 Å². The zero-order valence-electron chi connectivity index (χ0n) is 21.5. The molecule has 1 aliphatic carbocycles. The van der Waals surface area contributed by atoms with E-state index in [1.807, 2.05) is 0 Å². The monoisotopic (exact) mass is 568 g/mol. The first-order valence-corrected chi connectivity index (χ1v) is 13.0. The molecule has 9 unspecified atom stereocenters. The number of amides is 1. The number of rotatable bonds is 10. The minimum atomic E-state index is -1.68.